The summed E-state index contributed by atoms with van der Waals surface area (Å²) in [5.74, 6) is 0.566. The minimum absolute atomic E-state index is 0.566. The molecule has 0 aromatic heterocycles. The van der Waals surface area contributed by atoms with Gasteiger partial charge in [-0.1, -0.05) is 77.8 Å². The number of nitrogens with one attached hydrogen (secondary N) is 2. The van der Waals surface area contributed by atoms with Crippen molar-refractivity contribution in [2.75, 3.05) is 11.9 Å². The van der Waals surface area contributed by atoms with Gasteiger partial charge in [-0.3, -0.25) is 0 Å². The van der Waals surface area contributed by atoms with Crippen LogP contribution in [-0.4, -0.2) is 11.7 Å². The van der Waals surface area contributed by atoms with Gasteiger partial charge in [0, 0.05) is 12.2 Å². The molecular weight excluding hydrogens is 300 g/mol. The highest BCUT2D eigenvalue weighted by Crippen LogP contribution is 2.17. The van der Waals surface area contributed by atoms with Crippen LogP contribution in [0.15, 0.2) is 24.3 Å². The highest BCUT2D eigenvalue weighted by atomic mass is 32.1. The molecule has 0 amide bonds. The van der Waals surface area contributed by atoms with Crippen molar-refractivity contribution in [3.63, 3.8) is 0 Å². The van der Waals surface area contributed by atoms with Gasteiger partial charge in [-0.25, -0.2) is 0 Å². The highest BCUT2D eigenvalue weighted by molar-refractivity contribution is 7.80. The first-order valence-corrected chi connectivity index (χ1v) is 9.69. The van der Waals surface area contributed by atoms with Crippen LogP contribution in [0.5, 0.6) is 0 Å². The van der Waals surface area contributed by atoms with Crippen molar-refractivity contribution < 1.29 is 0 Å². The first kappa shape index (κ1) is 20.0. The first-order valence-electron chi connectivity index (χ1n) is 9.28. The lowest BCUT2D eigenvalue weighted by Crippen LogP contribution is -2.29. The molecule has 0 aliphatic carbocycles. The molecule has 3 heteroatoms. The summed E-state index contributed by atoms with van der Waals surface area (Å²) in [6.45, 7) is 7.64. The molecule has 1 aromatic rings. The summed E-state index contributed by atoms with van der Waals surface area (Å²) in [5, 5.41) is 7.28. The van der Waals surface area contributed by atoms with Gasteiger partial charge in [0.2, 0.25) is 0 Å². The summed E-state index contributed by atoms with van der Waals surface area (Å²) in [4.78, 5) is 0. The average Bonchev–Trinajstić information content (AvgIpc) is 2.54. The normalized spacial score (nSPS) is 10.8. The Balaban J connectivity index is 2.06. The van der Waals surface area contributed by atoms with Gasteiger partial charge in [0.25, 0.3) is 0 Å². The largest absolute Gasteiger partial charge is 0.362 e. The highest BCUT2D eigenvalue weighted by Gasteiger charge is 2.00. The maximum Gasteiger partial charge on any atom is 0.170 e. The van der Waals surface area contributed by atoms with E-state index in [1.807, 2.05) is 0 Å². The molecule has 0 aliphatic rings. The lowest BCUT2D eigenvalue weighted by molar-refractivity contribution is 0.573. The van der Waals surface area contributed by atoms with Crippen molar-refractivity contribution in [3.05, 3.63) is 29.8 Å². The molecule has 0 atom stereocenters. The van der Waals surface area contributed by atoms with Crippen molar-refractivity contribution in [1.82, 2.24) is 5.32 Å². The van der Waals surface area contributed by atoms with Gasteiger partial charge < -0.3 is 10.6 Å². The summed E-state index contributed by atoms with van der Waals surface area (Å²) < 4.78 is 0. The van der Waals surface area contributed by atoms with E-state index < -0.39 is 0 Å². The Morgan fingerprint density at radius 1 is 0.913 bits per heavy atom. The second-order valence-electron chi connectivity index (χ2n) is 6.63. The van der Waals surface area contributed by atoms with E-state index in [1.54, 1.807) is 0 Å². The molecule has 0 fully saturated rings. The van der Waals surface area contributed by atoms with Gasteiger partial charge in [0.1, 0.15) is 0 Å². The van der Waals surface area contributed by atoms with E-state index in [-0.39, 0.29) is 0 Å². The smallest absolute Gasteiger partial charge is 0.170 e. The van der Waals surface area contributed by atoms with Crippen molar-refractivity contribution in [3.8, 4) is 0 Å². The van der Waals surface area contributed by atoms with Crippen LogP contribution >= 0.6 is 12.2 Å². The fourth-order valence-electron chi connectivity index (χ4n) is 2.59. The number of hydrogen-bond donors (Lipinski definition) is 2. The van der Waals surface area contributed by atoms with Gasteiger partial charge in [0.05, 0.1) is 0 Å². The maximum atomic E-state index is 5.35. The Kier molecular flexibility index (Phi) is 10.7. The van der Waals surface area contributed by atoms with Gasteiger partial charge in [0.15, 0.2) is 5.11 Å². The molecule has 0 aliphatic heterocycles. The van der Waals surface area contributed by atoms with Crippen LogP contribution in [0.2, 0.25) is 0 Å². The van der Waals surface area contributed by atoms with Gasteiger partial charge >= 0.3 is 0 Å². The van der Waals surface area contributed by atoms with E-state index in [0.29, 0.717) is 5.92 Å². The zero-order valence-electron chi connectivity index (χ0n) is 15.2. The zero-order valence-corrected chi connectivity index (χ0v) is 16.0. The fraction of sp³-hybridized carbons (Fsp3) is 0.650. The van der Waals surface area contributed by atoms with E-state index in [4.69, 9.17) is 12.2 Å². The van der Waals surface area contributed by atoms with Crippen molar-refractivity contribution in [2.24, 2.45) is 0 Å². The van der Waals surface area contributed by atoms with Crippen LogP contribution < -0.4 is 10.6 Å². The average molecular weight is 335 g/mol. The van der Waals surface area contributed by atoms with Crippen LogP contribution in [-0.2, 0) is 0 Å². The van der Waals surface area contributed by atoms with E-state index in [2.05, 4.69) is 55.7 Å². The van der Waals surface area contributed by atoms with E-state index in [0.717, 1.165) is 17.3 Å². The van der Waals surface area contributed by atoms with Gasteiger partial charge in [-0.15, -0.1) is 0 Å². The monoisotopic (exact) mass is 334 g/mol. The fourth-order valence-corrected chi connectivity index (χ4v) is 2.81. The van der Waals surface area contributed by atoms with E-state index in [9.17, 15) is 0 Å². The summed E-state index contributed by atoms with van der Waals surface area (Å²) in [6, 6.07) is 8.52. The number of rotatable bonds is 11. The lowest BCUT2D eigenvalue weighted by Gasteiger charge is -2.12. The molecule has 2 nitrogen and oxygen atoms in total. The van der Waals surface area contributed by atoms with Crippen LogP contribution in [0.25, 0.3) is 0 Å². The van der Waals surface area contributed by atoms with Gasteiger partial charge in [-0.05, 0) is 42.3 Å². The van der Waals surface area contributed by atoms with Crippen molar-refractivity contribution >= 4 is 23.0 Å². The molecule has 0 bridgehead atoms. The lowest BCUT2D eigenvalue weighted by atomic mass is 10.0. The van der Waals surface area contributed by atoms with Gasteiger partial charge in [-0.2, -0.15) is 0 Å². The predicted molar refractivity (Wildman–Crippen MR) is 107 cm³/mol. The summed E-state index contributed by atoms with van der Waals surface area (Å²) in [6.07, 6.45) is 10.7. The summed E-state index contributed by atoms with van der Waals surface area (Å²) in [5.41, 5.74) is 2.41. The second kappa shape index (κ2) is 12.3. The van der Waals surface area contributed by atoms with Crippen LogP contribution in [0, 0.1) is 0 Å². The minimum Gasteiger partial charge on any atom is -0.362 e. The van der Waals surface area contributed by atoms with Crippen LogP contribution in [0.4, 0.5) is 5.69 Å². The number of benzene rings is 1. The summed E-state index contributed by atoms with van der Waals surface area (Å²) >= 11 is 5.35. The molecule has 0 radical (unpaired) electrons. The number of unbranched alkanes of at least 4 members (excludes halogenated alkanes) is 7. The molecule has 1 rings (SSSR count). The topological polar surface area (TPSA) is 24.1 Å². The number of thiocarbonyl (C=S) groups is 1. The second-order valence-corrected chi connectivity index (χ2v) is 7.04. The van der Waals surface area contributed by atoms with E-state index in [1.165, 1.54) is 56.9 Å². The Labute approximate surface area is 148 Å². The van der Waals surface area contributed by atoms with Crippen molar-refractivity contribution in [1.29, 1.82) is 0 Å². The molecule has 23 heavy (non-hydrogen) atoms. The minimum atomic E-state index is 0.566. The SMILES string of the molecule is CCCCCCCCCCNC(=S)Nc1ccc(C(C)C)cc1. The zero-order chi connectivity index (χ0) is 16.9. The summed E-state index contributed by atoms with van der Waals surface area (Å²) in [7, 11) is 0. The molecule has 0 spiro atoms. The number of anilines is 1. The molecular formula is C20H34N2S. The third-order valence-corrected chi connectivity index (χ3v) is 4.40. The Bertz CT molecular complexity index is 426. The standard InChI is InChI=1S/C20H34N2S/c1-4-5-6-7-8-9-10-11-16-21-20(23)22-19-14-12-18(13-15-19)17(2)3/h12-15,17H,4-11,16H2,1-3H3,(H2,21,22,23). The molecule has 2 N–H and O–H groups in total. The molecule has 0 saturated heterocycles. The Morgan fingerprint density at radius 2 is 1.48 bits per heavy atom. The van der Waals surface area contributed by atoms with Crippen LogP contribution in [0.1, 0.15) is 83.6 Å². The molecule has 1 aromatic carbocycles. The molecule has 0 heterocycles. The first-order chi connectivity index (χ1) is 11.1. The predicted octanol–water partition coefficient (Wildman–Crippen LogP) is 6.24. The maximum absolute atomic E-state index is 5.35. The molecule has 0 saturated carbocycles. The number of hydrogen-bond acceptors (Lipinski definition) is 1. The van der Waals surface area contributed by atoms with Crippen molar-refractivity contribution in [2.45, 2.75) is 78.1 Å². The third kappa shape index (κ3) is 9.60. The Morgan fingerprint density at radius 3 is 2.04 bits per heavy atom. The Hall–Kier alpha value is -1.09. The third-order valence-electron chi connectivity index (χ3n) is 4.15. The van der Waals surface area contributed by atoms with E-state index >= 15 is 0 Å². The van der Waals surface area contributed by atoms with Crippen LogP contribution in [0.3, 0.4) is 0 Å². The quantitative estimate of drug-likeness (QED) is 0.370. The molecule has 0 unspecified atom stereocenters. The molecule has 130 valence electrons.